The fourth-order valence-electron chi connectivity index (χ4n) is 3.58. The Morgan fingerprint density at radius 3 is 2.92 bits per heavy atom. The summed E-state index contributed by atoms with van der Waals surface area (Å²) in [5.74, 6) is 4.35. The molecule has 4 rings (SSSR count). The Bertz CT molecular complexity index is 728. The third-order valence-electron chi connectivity index (χ3n) is 5.22. The fraction of sp³-hybridized carbons (Fsp3) is 0.550. The van der Waals surface area contributed by atoms with Crippen LogP contribution in [0.15, 0.2) is 36.8 Å². The quantitative estimate of drug-likeness (QED) is 0.751. The predicted octanol–water partition coefficient (Wildman–Crippen LogP) is 3.18. The van der Waals surface area contributed by atoms with Crippen molar-refractivity contribution >= 4 is 17.7 Å². The number of nitrogens with zero attached hydrogens (tertiary/aromatic N) is 4. The van der Waals surface area contributed by atoms with Crippen molar-refractivity contribution in [1.82, 2.24) is 19.4 Å². The van der Waals surface area contributed by atoms with E-state index in [0.717, 1.165) is 55.7 Å². The van der Waals surface area contributed by atoms with Gasteiger partial charge in [0, 0.05) is 37.6 Å². The number of aromatic nitrogens is 3. The molecule has 1 saturated carbocycles. The molecule has 2 fully saturated rings. The number of carbonyl (C=O) groups is 1. The van der Waals surface area contributed by atoms with Crippen molar-refractivity contribution < 1.29 is 4.79 Å². The minimum atomic E-state index is 0.295. The van der Waals surface area contributed by atoms with Gasteiger partial charge >= 0.3 is 0 Å². The van der Waals surface area contributed by atoms with Gasteiger partial charge in [-0.3, -0.25) is 9.78 Å². The Labute approximate surface area is 159 Å². The predicted molar refractivity (Wildman–Crippen MR) is 104 cm³/mol. The lowest BCUT2D eigenvalue weighted by Crippen LogP contribution is -2.40. The molecule has 1 aliphatic heterocycles. The minimum absolute atomic E-state index is 0.295. The maximum absolute atomic E-state index is 12.6. The molecule has 1 amide bonds. The van der Waals surface area contributed by atoms with Gasteiger partial charge in [0.25, 0.3) is 0 Å². The zero-order valence-corrected chi connectivity index (χ0v) is 15.9. The van der Waals surface area contributed by atoms with Gasteiger partial charge in [0.15, 0.2) is 0 Å². The normalized spacial score (nSPS) is 20.3. The van der Waals surface area contributed by atoms with E-state index in [2.05, 4.69) is 14.5 Å². The average Bonchev–Trinajstić information content (AvgIpc) is 3.39. The summed E-state index contributed by atoms with van der Waals surface area (Å²) >= 11 is 1.81. The lowest BCUT2D eigenvalue weighted by Gasteiger charge is -2.32. The molecule has 1 aliphatic carbocycles. The minimum Gasteiger partial charge on any atom is -0.341 e. The van der Waals surface area contributed by atoms with Crippen LogP contribution < -0.4 is 0 Å². The summed E-state index contributed by atoms with van der Waals surface area (Å²) in [5, 5.41) is 0. The number of hydrogen-bond donors (Lipinski definition) is 0. The maximum atomic E-state index is 12.6. The number of carbonyl (C=O) groups excluding carboxylic acids is 1. The van der Waals surface area contributed by atoms with Gasteiger partial charge in [0.2, 0.25) is 5.91 Å². The Morgan fingerprint density at radius 2 is 2.12 bits per heavy atom. The van der Waals surface area contributed by atoms with Crippen molar-refractivity contribution in [2.24, 2.45) is 5.92 Å². The number of pyridine rings is 1. The SMILES string of the molecule is O=C(CSCC1CC1)N1CCC[C@H](c2nccn2Cc2ccccn2)C1. The van der Waals surface area contributed by atoms with Crippen LogP contribution in [-0.2, 0) is 11.3 Å². The van der Waals surface area contributed by atoms with Crippen LogP contribution in [0.3, 0.4) is 0 Å². The van der Waals surface area contributed by atoms with Gasteiger partial charge in [0.05, 0.1) is 18.0 Å². The van der Waals surface area contributed by atoms with E-state index in [1.165, 1.54) is 12.8 Å². The molecule has 1 saturated heterocycles. The zero-order chi connectivity index (χ0) is 17.8. The Kier molecular flexibility index (Phi) is 5.58. The molecule has 26 heavy (non-hydrogen) atoms. The highest BCUT2D eigenvalue weighted by atomic mass is 32.2. The first-order valence-corrected chi connectivity index (χ1v) is 10.7. The van der Waals surface area contributed by atoms with E-state index in [-0.39, 0.29) is 0 Å². The van der Waals surface area contributed by atoms with E-state index in [4.69, 9.17) is 0 Å². The molecule has 138 valence electrons. The maximum Gasteiger partial charge on any atom is 0.232 e. The Hall–Kier alpha value is -1.82. The van der Waals surface area contributed by atoms with Crippen molar-refractivity contribution in [3.63, 3.8) is 0 Å². The number of hydrogen-bond acceptors (Lipinski definition) is 4. The second-order valence-electron chi connectivity index (χ2n) is 7.37. The van der Waals surface area contributed by atoms with Crippen molar-refractivity contribution in [2.75, 3.05) is 24.6 Å². The van der Waals surface area contributed by atoms with Gasteiger partial charge < -0.3 is 9.47 Å². The van der Waals surface area contributed by atoms with Gasteiger partial charge in [-0.1, -0.05) is 6.07 Å². The zero-order valence-electron chi connectivity index (χ0n) is 15.1. The molecule has 2 aromatic rings. The number of imidazole rings is 1. The van der Waals surface area contributed by atoms with Gasteiger partial charge in [0.1, 0.15) is 5.82 Å². The van der Waals surface area contributed by atoms with Crippen LogP contribution in [-0.4, -0.2) is 49.9 Å². The van der Waals surface area contributed by atoms with E-state index in [1.54, 1.807) is 0 Å². The molecular weight excluding hydrogens is 344 g/mol. The monoisotopic (exact) mass is 370 g/mol. The molecule has 0 radical (unpaired) electrons. The molecule has 0 unspecified atom stereocenters. The van der Waals surface area contributed by atoms with Crippen LogP contribution in [0, 0.1) is 5.92 Å². The number of piperidine rings is 1. The van der Waals surface area contributed by atoms with Crippen molar-refractivity contribution in [3.05, 3.63) is 48.3 Å². The molecule has 0 aromatic carbocycles. The molecular formula is C20H26N4OS. The summed E-state index contributed by atoms with van der Waals surface area (Å²) in [5.41, 5.74) is 1.03. The van der Waals surface area contributed by atoms with Crippen LogP contribution in [0.1, 0.15) is 43.1 Å². The smallest absolute Gasteiger partial charge is 0.232 e. The highest BCUT2D eigenvalue weighted by Gasteiger charge is 2.28. The highest BCUT2D eigenvalue weighted by Crippen LogP contribution is 2.32. The third kappa shape index (κ3) is 4.47. The molecule has 1 atom stereocenters. The van der Waals surface area contributed by atoms with E-state index < -0.39 is 0 Å². The second-order valence-corrected chi connectivity index (χ2v) is 8.40. The number of thioether (sulfide) groups is 1. The van der Waals surface area contributed by atoms with Gasteiger partial charge in [-0.15, -0.1) is 0 Å². The average molecular weight is 371 g/mol. The lowest BCUT2D eigenvalue weighted by molar-refractivity contribution is -0.129. The lowest BCUT2D eigenvalue weighted by atomic mass is 9.97. The Morgan fingerprint density at radius 1 is 1.19 bits per heavy atom. The van der Waals surface area contributed by atoms with E-state index in [1.807, 2.05) is 53.5 Å². The first kappa shape index (κ1) is 17.6. The Balaban J connectivity index is 1.36. The standard InChI is InChI=1S/C20H26N4OS/c25-19(15-26-14-16-6-7-16)23-10-3-4-17(12-23)20-22-9-11-24(20)13-18-5-1-2-8-21-18/h1-2,5,8-9,11,16-17H,3-4,6-7,10,12-15H2/t17-/m0/s1. The van der Waals surface area contributed by atoms with Gasteiger partial charge in [-0.05, 0) is 49.5 Å². The van der Waals surface area contributed by atoms with Crippen molar-refractivity contribution in [3.8, 4) is 0 Å². The first-order valence-electron chi connectivity index (χ1n) is 9.56. The summed E-state index contributed by atoms with van der Waals surface area (Å²) in [6.07, 6.45) is 10.6. The molecule has 5 nitrogen and oxygen atoms in total. The van der Waals surface area contributed by atoms with Crippen LogP contribution in [0.4, 0.5) is 0 Å². The van der Waals surface area contributed by atoms with Crippen LogP contribution in [0.2, 0.25) is 0 Å². The van der Waals surface area contributed by atoms with Crippen molar-refractivity contribution in [1.29, 1.82) is 0 Å². The fourth-order valence-corrected chi connectivity index (χ4v) is 4.73. The molecule has 0 N–H and O–H groups in total. The summed E-state index contributed by atoms with van der Waals surface area (Å²) < 4.78 is 2.18. The highest BCUT2D eigenvalue weighted by molar-refractivity contribution is 7.99. The molecule has 0 bridgehead atoms. The van der Waals surface area contributed by atoms with Crippen LogP contribution in [0.5, 0.6) is 0 Å². The van der Waals surface area contributed by atoms with Crippen LogP contribution >= 0.6 is 11.8 Å². The second kappa shape index (κ2) is 8.25. The summed E-state index contributed by atoms with van der Waals surface area (Å²) in [7, 11) is 0. The first-order chi connectivity index (χ1) is 12.8. The van der Waals surface area contributed by atoms with E-state index >= 15 is 0 Å². The van der Waals surface area contributed by atoms with E-state index in [9.17, 15) is 4.79 Å². The third-order valence-corrected chi connectivity index (χ3v) is 6.38. The van der Waals surface area contributed by atoms with Crippen LogP contribution in [0.25, 0.3) is 0 Å². The summed E-state index contributed by atoms with van der Waals surface area (Å²) in [6, 6.07) is 5.99. The topological polar surface area (TPSA) is 51.0 Å². The number of amides is 1. The molecule has 3 heterocycles. The number of likely N-dealkylation sites (tertiary alicyclic amines) is 1. The molecule has 0 spiro atoms. The summed E-state index contributed by atoms with van der Waals surface area (Å²) in [4.78, 5) is 23.6. The molecule has 6 heteroatoms. The van der Waals surface area contributed by atoms with Crippen molar-refractivity contribution in [2.45, 2.75) is 38.1 Å². The largest absolute Gasteiger partial charge is 0.341 e. The van der Waals surface area contributed by atoms with Gasteiger partial charge in [-0.2, -0.15) is 11.8 Å². The molecule has 2 aromatic heterocycles. The summed E-state index contributed by atoms with van der Waals surface area (Å²) in [6.45, 7) is 2.42. The number of rotatable bonds is 7. The van der Waals surface area contributed by atoms with E-state index in [0.29, 0.717) is 17.6 Å². The molecule has 2 aliphatic rings. The van der Waals surface area contributed by atoms with Gasteiger partial charge in [-0.25, -0.2) is 4.98 Å².